The number of ether oxygens (including phenoxy) is 1. The van der Waals surface area contributed by atoms with E-state index in [2.05, 4.69) is 0 Å². The van der Waals surface area contributed by atoms with E-state index in [1.165, 1.54) is 0 Å². The lowest BCUT2D eigenvalue weighted by atomic mass is 10.0. The summed E-state index contributed by atoms with van der Waals surface area (Å²) in [5.74, 6) is 0.0212. The summed E-state index contributed by atoms with van der Waals surface area (Å²) >= 11 is 0. The molecule has 6 nitrogen and oxygen atoms in total. The fraction of sp³-hybridized carbons (Fsp3) is 0.294. The van der Waals surface area contributed by atoms with Gasteiger partial charge in [0.1, 0.15) is 11.5 Å². The molecular weight excluding hydrogens is 298 g/mol. The molecule has 1 aromatic carbocycles. The number of rotatable bonds is 6. The molecule has 1 amide bonds. The monoisotopic (exact) mass is 317 g/mol. The number of hydrogen-bond donors (Lipinski definition) is 1. The van der Waals surface area contributed by atoms with Crippen LogP contribution in [0, 0.1) is 13.8 Å². The van der Waals surface area contributed by atoms with Crippen molar-refractivity contribution in [2.45, 2.75) is 20.4 Å². The number of carbonyl (C=O) groups is 2. The first-order chi connectivity index (χ1) is 10.9. The lowest BCUT2D eigenvalue weighted by molar-refractivity contribution is -0.139. The van der Waals surface area contributed by atoms with E-state index in [0.29, 0.717) is 23.6 Å². The Morgan fingerprint density at radius 2 is 1.91 bits per heavy atom. The molecule has 2 rings (SSSR count). The Bertz CT molecular complexity index is 683. The van der Waals surface area contributed by atoms with Gasteiger partial charge in [0.25, 0.3) is 5.91 Å². The van der Waals surface area contributed by atoms with Gasteiger partial charge in [-0.15, -0.1) is 0 Å². The standard InChI is InChI=1S/C17H19NO5/c1-11-7-13(8-12(2)16(11)23-10-15(19)20)17(21)18(3)9-14-5-4-6-22-14/h4-8H,9-10H2,1-3H3,(H,19,20). The first-order valence-electron chi connectivity index (χ1n) is 7.12. The molecule has 0 aliphatic heterocycles. The molecule has 1 aromatic heterocycles. The Labute approximate surface area is 134 Å². The van der Waals surface area contributed by atoms with Gasteiger partial charge in [-0.05, 0) is 49.2 Å². The van der Waals surface area contributed by atoms with Gasteiger partial charge in [0.15, 0.2) is 6.61 Å². The van der Waals surface area contributed by atoms with E-state index in [4.69, 9.17) is 14.3 Å². The van der Waals surface area contributed by atoms with Crippen molar-refractivity contribution in [1.29, 1.82) is 0 Å². The van der Waals surface area contributed by atoms with E-state index in [0.717, 1.165) is 11.1 Å². The minimum absolute atomic E-state index is 0.141. The molecule has 0 saturated heterocycles. The number of carboxylic acids is 1. The highest BCUT2D eigenvalue weighted by Crippen LogP contribution is 2.25. The summed E-state index contributed by atoms with van der Waals surface area (Å²) in [4.78, 5) is 24.7. The molecular formula is C17H19NO5. The Balaban J connectivity index is 2.16. The van der Waals surface area contributed by atoms with Crippen molar-refractivity contribution < 1.29 is 23.8 Å². The van der Waals surface area contributed by atoms with Crippen molar-refractivity contribution in [3.63, 3.8) is 0 Å². The molecule has 23 heavy (non-hydrogen) atoms. The van der Waals surface area contributed by atoms with Gasteiger partial charge in [-0.1, -0.05) is 0 Å². The van der Waals surface area contributed by atoms with Crippen LogP contribution >= 0.6 is 0 Å². The van der Waals surface area contributed by atoms with Crippen LogP contribution in [0.25, 0.3) is 0 Å². The van der Waals surface area contributed by atoms with Gasteiger partial charge in [-0.25, -0.2) is 4.79 Å². The Hall–Kier alpha value is -2.76. The third-order valence-electron chi connectivity index (χ3n) is 3.37. The van der Waals surface area contributed by atoms with Gasteiger partial charge in [-0.2, -0.15) is 0 Å². The highest BCUT2D eigenvalue weighted by Gasteiger charge is 2.16. The molecule has 0 fully saturated rings. The maximum atomic E-state index is 12.5. The predicted molar refractivity (Wildman–Crippen MR) is 83.6 cm³/mol. The Morgan fingerprint density at radius 3 is 2.43 bits per heavy atom. The van der Waals surface area contributed by atoms with Crippen molar-refractivity contribution in [3.05, 3.63) is 53.0 Å². The molecule has 122 valence electrons. The molecule has 1 heterocycles. The third-order valence-corrected chi connectivity index (χ3v) is 3.37. The number of carboxylic acid groups (broad SMARTS) is 1. The van der Waals surface area contributed by atoms with Crippen LogP contribution in [0.1, 0.15) is 27.2 Å². The van der Waals surface area contributed by atoms with Crippen LogP contribution in [0.15, 0.2) is 34.9 Å². The first kappa shape index (κ1) is 16.6. The number of aliphatic carboxylic acids is 1. The van der Waals surface area contributed by atoms with Crippen molar-refractivity contribution in [2.24, 2.45) is 0 Å². The maximum absolute atomic E-state index is 12.5. The van der Waals surface area contributed by atoms with Crippen LogP contribution < -0.4 is 4.74 Å². The van der Waals surface area contributed by atoms with Crippen LogP contribution in [0.5, 0.6) is 5.75 Å². The predicted octanol–water partition coefficient (Wildman–Crippen LogP) is 2.63. The van der Waals surface area contributed by atoms with Gasteiger partial charge < -0.3 is 19.2 Å². The van der Waals surface area contributed by atoms with Crippen molar-refractivity contribution in [1.82, 2.24) is 4.90 Å². The smallest absolute Gasteiger partial charge is 0.341 e. The molecule has 0 aliphatic carbocycles. The zero-order chi connectivity index (χ0) is 17.0. The fourth-order valence-corrected chi connectivity index (χ4v) is 2.36. The number of carbonyl (C=O) groups excluding carboxylic acids is 1. The molecule has 0 unspecified atom stereocenters. The minimum Gasteiger partial charge on any atom is -0.481 e. The Kier molecular flexibility index (Phi) is 5.05. The summed E-state index contributed by atoms with van der Waals surface area (Å²) in [6.45, 7) is 3.54. The lowest BCUT2D eigenvalue weighted by Crippen LogP contribution is -2.26. The second kappa shape index (κ2) is 7.00. The largest absolute Gasteiger partial charge is 0.481 e. The molecule has 0 spiro atoms. The molecule has 6 heteroatoms. The molecule has 0 aliphatic rings. The van der Waals surface area contributed by atoms with Gasteiger partial charge in [0, 0.05) is 12.6 Å². The third kappa shape index (κ3) is 4.12. The number of amides is 1. The lowest BCUT2D eigenvalue weighted by Gasteiger charge is -2.18. The average Bonchev–Trinajstić information content (AvgIpc) is 2.97. The van der Waals surface area contributed by atoms with Gasteiger partial charge in [0.2, 0.25) is 0 Å². The Morgan fingerprint density at radius 1 is 1.26 bits per heavy atom. The molecule has 0 bridgehead atoms. The topological polar surface area (TPSA) is 80.0 Å². The highest BCUT2D eigenvalue weighted by molar-refractivity contribution is 5.94. The summed E-state index contributed by atoms with van der Waals surface area (Å²) in [6.07, 6.45) is 1.57. The van der Waals surface area contributed by atoms with E-state index in [1.807, 2.05) is 6.07 Å². The number of furan rings is 1. The van der Waals surface area contributed by atoms with Crippen LogP contribution in [0.3, 0.4) is 0 Å². The zero-order valence-corrected chi connectivity index (χ0v) is 13.3. The van der Waals surface area contributed by atoms with E-state index in [9.17, 15) is 9.59 Å². The summed E-state index contributed by atoms with van der Waals surface area (Å²) in [7, 11) is 1.70. The van der Waals surface area contributed by atoms with Crippen molar-refractivity contribution in [2.75, 3.05) is 13.7 Å². The van der Waals surface area contributed by atoms with Gasteiger partial charge in [0.05, 0.1) is 12.8 Å². The quantitative estimate of drug-likeness (QED) is 0.886. The summed E-state index contributed by atoms with van der Waals surface area (Å²) in [6, 6.07) is 6.98. The van der Waals surface area contributed by atoms with E-state index < -0.39 is 12.6 Å². The molecule has 0 radical (unpaired) electrons. The van der Waals surface area contributed by atoms with Crippen LogP contribution in [0.4, 0.5) is 0 Å². The zero-order valence-electron chi connectivity index (χ0n) is 13.3. The van der Waals surface area contributed by atoms with Crippen LogP contribution in [-0.2, 0) is 11.3 Å². The summed E-state index contributed by atoms with van der Waals surface area (Å²) < 4.78 is 10.5. The summed E-state index contributed by atoms with van der Waals surface area (Å²) in [5, 5.41) is 8.70. The van der Waals surface area contributed by atoms with E-state index >= 15 is 0 Å². The molecule has 2 aromatic rings. The number of nitrogens with zero attached hydrogens (tertiary/aromatic N) is 1. The van der Waals surface area contributed by atoms with E-state index in [1.54, 1.807) is 50.3 Å². The maximum Gasteiger partial charge on any atom is 0.341 e. The molecule has 1 N–H and O–H groups in total. The SMILES string of the molecule is Cc1cc(C(=O)N(C)Cc2ccco2)cc(C)c1OCC(=O)O. The number of aryl methyl sites for hydroxylation is 2. The van der Waals surface area contributed by atoms with Crippen LogP contribution in [0.2, 0.25) is 0 Å². The highest BCUT2D eigenvalue weighted by atomic mass is 16.5. The van der Waals surface area contributed by atoms with Gasteiger partial charge >= 0.3 is 5.97 Å². The minimum atomic E-state index is -1.04. The summed E-state index contributed by atoms with van der Waals surface area (Å²) in [5.41, 5.74) is 1.97. The normalized spacial score (nSPS) is 10.4. The van der Waals surface area contributed by atoms with Crippen molar-refractivity contribution >= 4 is 11.9 Å². The molecule has 0 atom stereocenters. The second-order valence-electron chi connectivity index (χ2n) is 5.36. The first-order valence-corrected chi connectivity index (χ1v) is 7.12. The average molecular weight is 317 g/mol. The number of benzene rings is 1. The second-order valence-corrected chi connectivity index (χ2v) is 5.36. The van der Waals surface area contributed by atoms with Crippen molar-refractivity contribution in [3.8, 4) is 5.75 Å². The number of hydrogen-bond acceptors (Lipinski definition) is 4. The van der Waals surface area contributed by atoms with Crippen LogP contribution in [-0.4, -0.2) is 35.5 Å². The molecule has 0 saturated carbocycles. The fourth-order valence-electron chi connectivity index (χ4n) is 2.36. The van der Waals surface area contributed by atoms with E-state index in [-0.39, 0.29) is 5.91 Å². The van der Waals surface area contributed by atoms with Gasteiger partial charge in [-0.3, -0.25) is 4.79 Å².